The fraction of sp³-hybridized carbons (Fsp3) is 0.286. The number of carboxylic acid groups (broad SMARTS) is 4. The molecule has 10 nitrogen and oxygen atoms in total. The molecule has 10 heteroatoms. The second-order valence-electron chi connectivity index (χ2n) is 8.60. The van der Waals surface area contributed by atoms with E-state index in [1.165, 1.54) is 28.7 Å². The first-order valence-electron chi connectivity index (χ1n) is 11.8. The molecule has 0 aromatic heterocycles. The monoisotopic (exact) mass is 526 g/mol. The van der Waals surface area contributed by atoms with Gasteiger partial charge in [-0.05, 0) is 55.7 Å². The van der Waals surface area contributed by atoms with E-state index in [9.17, 15) is 19.2 Å². The molecule has 3 rings (SSSR count). The number of carbonyl (C=O) groups is 4. The lowest BCUT2D eigenvalue weighted by Gasteiger charge is -2.28. The third kappa shape index (κ3) is 14.3. The van der Waals surface area contributed by atoms with Gasteiger partial charge >= 0.3 is 23.9 Å². The molecule has 1 aliphatic heterocycles. The Morgan fingerprint density at radius 3 is 1.34 bits per heavy atom. The van der Waals surface area contributed by atoms with Gasteiger partial charge in [-0.3, -0.25) is 4.90 Å². The number of hydrogen-bond donors (Lipinski definition) is 4. The van der Waals surface area contributed by atoms with Gasteiger partial charge in [-0.1, -0.05) is 48.5 Å². The summed E-state index contributed by atoms with van der Waals surface area (Å²) in [7, 11) is 4.30. The molecular formula is C28H34N2O8. The van der Waals surface area contributed by atoms with E-state index in [4.69, 9.17) is 20.4 Å². The quantitative estimate of drug-likeness (QED) is 0.377. The average molecular weight is 527 g/mol. The molecule has 38 heavy (non-hydrogen) atoms. The number of nitrogens with zero attached hydrogens (tertiary/aromatic N) is 2. The minimum atomic E-state index is -1.26. The van der Waals surface area contributed by atoms with Gasteiger partial charge in [0.1, 0.15) is 0 Å². The van der Waals surface area contributed by atoms with Crippen molar-refractivity contribution in [3.8, 4) is 0 Å². The maximum Gasteiger partial charge on any atom is 0.328 e. The van der Waals surface area contributed by atoms with Crippen LogP contribution in [0.4, 0.5) is 0 Å². The summed E-state index contributed by atoms with van der Waals surface area (Å²) in [6.45, 7) is 4.44. The average Bonchev–Trinajstić information content (AvgIpc) is 2.83. The molecule has 0 atom stereocenters. The van der Waals surface area contributed by atoms with Crippen LogP contribution in [0.2, 0.25) is 0 Å². The van der Waals surface area contributed by atoms with Crippen molar-refractivity contribution in [1.29, 1.82) is 0 Å². The van der Waals surface area contributed by atoms with Crippen LogP contribution in [0.1, 0.15) is 28.7 Å². The summed E-state index contributed by atoms with van der Waals surface area (Å²) in [5, 5.41) is 31.2. The zero-order chi connectivity index (χ0) is 28.5. The second-order valence-corrected chi connectivity index (χ2v) is 8.60. The molecule has 0 saturated heterocycles. The van der Waals surface area contributed by atoms with E-state index in [1.54, 1.807) is 0 Å². The highest BCUT2D eigenvalue weighted by Crippen LogP contribution is 2.24. The van der Waals surface area contributed by atoms with Gasteiger partial charge in [0.05, 0.1) is 0 Å². The summed E-state index contributed by atoms with van der Waals surface area (Å²) in [4.78, 5) is 43.1. The van der Waals surface area contributed by atoms with Crippen molar-refractivity contribution in [3.05, 3.63) is 95.1 Å². The molecule has 0 unspecified atom stereocenters. The van der Waals surface area contributed by atoms with Gasteiger partial charge < -0.3 is 25.3 Å². The van der Waals surface area contributed by atoms with Crippen LogP contribution in [0, 0.1) is 0 Å². The Balaban J connectivity index is 0.000000374. The van der Waals surface area contributed by atoms with Gasteiger partial charge in [0.2, 0.25) is 0 Å². The SMILES string of the molecule is CN(C)CCCN1Cc2ccccc2Cc2ccccc2C1.O=C(O)/C=C\C(=O)O.O=C(O)/C=C\C(=O)O. The Morgan fingerprint density at radius 1 is 0.684 bits per heavy atom. The Bertz CT molecular complexity index is 1030. The molecule has 0 aliphatic carbocycles. The highest BCUT2D eigenvalue weighted by Gasteiger charge is 2.16. The minimum Gasteiger partial charge on any atom is -0.478 e. The molecule has 0 spiro atoms. The normalized spacial score (nSPS) is 12.7. The van der Waals surface area contributed by atoms with Gasteiger partial charge in [0.25, 0.3) is 0 Å². The molecule has 0 bridgehead atoms. The highest BCUT2D eigenvalue weighted by molar-refractivity contribution is 5.90. The van der Waals surface area contributed by atoms with Crippen molar-refractivity contribution in [1.82, 2.24) is 9.80 Å². The zero-order valence-corrected chi connectivity index (χ0v) is 21.5. The first-order chi connectivity index (χ1) is 18.0. The van der Waals surface area contributed by atoms with Crippen LogP contribution in [0.15, 0.2) is 72.8 Å². The zero-order valence-electron chi connectivity index (χ0n) is 21.5. The van der Waals surface area contributed by atoms with Crippen molar-refractivity contribution in [2.45, 2.75) is 25.9 Å². The van der Waals surface area contributed by atoms with Crippen LogP contribution in [0.5, 0.6) is 0 Å². The van der Waals surface area contributed by atoms with E-state index < -0.39 is 23.9 Å². The lowest BCUT2D eigenvalue weighted by atomic mass is 9.93. The van der Waals surface area contributed by atoms with E-state index in [-0.39, 0.29) is 0 Å². The summed E-state index contributed by atoms with van der Waals surface area (Å²) in [5.41, 5.74) is 5.93. The Kier molecular flexibility index (Phi) is 14.4. The molecule has 204 valence electrons. The van der Waals surface area contributed by atoms with Crippen LogP contribution < -0.4 is 0 Å². The smallest absolute Gasteiger partial charge is 0.328 e. The fourth-order valence-electron chi connectivity index (χ4n) is 3.57. The molecule has 4 N–H and O–H groups in total. The predicted molar refractivity (Wildman–Crippen MR) is 142 cm³/mol. The number of carboxylic acids is 4. The molecule has 1 heterocycles. The third-order valence-electron chi connectivity index (χ3n) is 5.22. The van der Waals surface area contributed by atoms with Crippen molar-refractivity contribution in [2.24, 2.45) is 0 Å². The fourth-order valence-corrected chi connectivity index (χ4v) is 3.57. The molecule has 2 aromatic rings. The lowest BCUT2D eigenvalue weighted by molar-refractivity contribution is -0.134. The predicted octanol–water partition coefficient (Wildman–Crippen LogP) is 2.97. The van der Waals surface area contributed by atoms with Crippen molar-refractivity contribution >= 4 is 23.9 Å². The van der Waals surface area contributed by atoms with Crippen LogP contribution in [0.3, 0.4) is 0 Å². The number of fused-ring (bicyclic) bond motifs is 2. The first-order valence-corrected chi connectivity index (χ1v) is 11.8. The van der Waals surface area contributed by atoms with Crippen molar-refractivity contribution in [3.63, 3.8) is 0 Å². The Morgan fingerprint density at radius 2 is 1.03 bits per heavy atom. The molecule has 0 saturated carbocycles. The topological polar surface area (TPSA) is 156 Å². The van der Waals surface area contributed by atoms with Gasteiger partial charge in [0.15, 0.2) is 0 Å². The second kappa shape index (κ2) is 17.2. The summed E-state index contributed by atoms with van der Waals surface area (Å²) in [5.74, 6) is -5.03. The van der Waals surface area contributed by atoms with E-state index in [0.29, 0.717) is 24.3 Å². The highest BCUT2D eigenvalue weighted by atomic mass is 16.4. The third-order valence-corrected chi connectivity index (χ3v) is 5.22. The summed E-state index contributed by atoms with van der Waals surface area (Å²) in [6, 6.07) is 17.8. The molecular weight excluding hydrogens is 492 g/mol. The lowest BCUT2D eigenvalue weighted by Crippen LogP contribution is -2.28. The maximum absolute atomic E-state index is 9.55. The first kappa shape index (κ1) is 31.7. The van der Waals surface area contributed by atoms with Gasteiger partial charge in [-0.15, -0.1) is 0 Å². The molecule has 1 aliphatic rings. The summed E-state index contributed by atoms with van der Waals surface area (Å²) in [6.07, 6.45) is 4.52. The standard InChI is InChI=1S/C20H26N2.2C4H4O4/c1-21(2)12-7-13-22-15-19-10-5-3-8-17(19)14-18-9-4-6-11-20(18)16-22;2*5-3(6)1-2-4(7)8/h3-6,8-11H,7,12-16H2,1-2H3;2*1-2H,(H,5,6)(H,7,8)/b;2*2-1-. The molecule has 2 aromatic carbocycles. The van der Waals surface area contributed by atoms with Gasteiger partial charge in [0, 0.05) is 43.9 Å². The maximum atomic E-state index is 9.55. The van der Waals surface area contributed by atoms with Crippen LogP contribution in [0.25, 0.3) is 0 Å². The van der Waals surface area contributed by atoms with Gasteiger partial charge in [-0.25, -0.2) is 19.2 Å². The number of rotatable bonds is 8. The number of benzene rings is 2. The van der Waals surface area contributed by atoms with Crippen LogP contribution in [-0.2, 0) is 38.7 Å². The summed E-state index contributed by atoms with van der Waals surface area (Å²) < 4.78 is 0. The molecule has 0 radical (unpaired) electrons. The van der Waals surface area contributed by atoms with E-state index in [0.717, 1.165) is 32.6 Å². The van der Waals surface area contributed by atoms with Crippen molar-refractivity contribution < 1.29 is 39.6 Å². The van der Waals surface area contributed by atoms with Crippen LogP contribution >= 0.6 is 0 Å². The minimum absolute atomic E-state index is 0.558. The molecule has 0 fully saturated rings. The van der Waals surface area contributed by atoms with Crippen LogP contribution in [-0.4, -0.2) is 81.3 Å². The largest absolute Gasteiger partial charge is 0.478 e. The van der Waals surface area contributed by atoms with E-state index >= 15 is 0 Å². The Labute approximate surface area is 221 Å². The molecule has 0 amide bonds. The van der Waals surface area contributed by atoms with Crippen molar-refractivity contribution in [2.75, 3.05) is 27.2 Å². The van der Waals surface area contributed by atoms with E-state index in [1.807, 2.05) is 0 Å². The van der Waals surface area contributed by atoms with E-state index in [2.05, 4.69) is 72.4 Å². The van der Waals surface area contributed by atoms with Gasteiger partial charge in [-0.2, -0.15) is 0 Å². The Hall–Kier alpha value is -4.28. The number of hydrogen-bond acceptors (Lipinski definition) is 6. The number of aliphatic carboxylic acids is 4. The summed E-state index contributed by atoms with van der Waals surface area (Å²) >= 11 is 0.